The number of nitrogens with zero attached hydrogens (tertiary/aromatic N) is 3. The monoisotopic (exact) mass is 327 g/mol. The van der Waals surface area contributed by atoms with Gasteiger partial charge < -0.3 is 4.90 Å². The first-order valence-corrected chi connectivity index (χ1v) is 8.43. The van der Waals surface area contributed by atoms with Gasteiger partial charge in [-0.1, -0.05) is 12.1 Å². The lowest BCUT2D eigenvalue weighted by Gasteiger charge is -2.32. The highest BCUT2D eigenvalue weighted by Gasteiger charge is 2.25. The average Bonchev–Trinajstić information content (AvgIpc) is 2.61. The van der Waals surface area contributed by atoms with Gasteiger partial charge in [-0.05, 0) is 49.9 Å². The Balaban J connectivity index is 1.57. The van der Waals surface area contributed by atoms with E-state index in [1.807, 2.05) is 17.9 Å². The summed E-state index contributed by atoms with van der Waals surface area (Å²) >= 11 is 0. The second-order valence-electron chi connectivity index (χ2n) is 6.33. The van der Waals surface area contributed by atoms with Crippen LogP contribution in [-0.4, -0.2) is 33.9 Å². The fourth-order valence-corrected chi connectivity index (χ4v) is 3.21. The number of carbonyl (C=O) groups excluding carboxylic acids is 1. The predicted octanol–water partition coefficient (Wildman–Crippen LogP) is 3.26. The van der Waals surface area contributed by atoms with Crippen LogP contribution in [0, 0.1) is 12.7 Å². The fourth-order valence-electron chi connectivity index (χ4n) is 3.21. The van der Waals surface area contributed by atoms with Gasteiger partial charge in [-0.2, -0.15) is 0 Å². The molecule has 0 saturated carbocycles. The van der Waals surface area contributed by atoms with Crippen molar-refractivity contribution >= 4 is 5.91 Å². The molecule has 1 unspecified atom stereocenters. The Kier molecular flexibility index (Phi) is 5.18. The van der Waals surface area contributed by atoms with E-state index in [1.54, 1.807) is 18.3 Å². The first kappa shape index (κ1) is 16.6. The average molecular weight is 327 g/mol. The standard InChI is InChI=1S/C19H22FN3O/c1-14-21-11-10-18(22-14)16-3-2-12-23(13-16)19(24)9-6-15-4-7-17(20)8-5-15/h4-5,7-8,10-11,16H,2-3,6,9,12-13H2,1H3. The van der Waals surface area contributed by atoms with Crippen LogP contribution in [0.4, 0.5) is 4.39 Å². The molecule has 2 heterocycles. The molecule has 1 aromatic carbocycles. The molecule has 0 N–H and O–H groups in total. The maximum Gasteiger partial charge on any atom is 0.222 e. The van der Waals surface area contributed by atoms with Crippen LogP contribution in [0.5, 0.6) is 0 Å². The van der Waals surface area contributed by atoms with Gasteiger partial charge >= 0.3 is 0 Å². The molecule has 1 aliphatic heterocycles. The van der Waals surface area contributed by atoms with E-state index < -0.39 is 0 Å². The highest BCUT2D eigenvalue weighted by Crippen LogP contribution is 2.26. The minimum Gasteiger partial charge on any atom is -0.342 e. The highest BCUT2D eigenvalue weighted by atomic mass is 19.1. The summed E-state index contributed by atoms with van der Waals surface area (Å²) in [7, 11) is 0. The van der Waals surface area contributed by atoms with E-state index in [9.17, 15) is 9.18 Å². The van der Waals surface area contributed by atoms with E-state index in [1.165, 1.54) is 12.1 Å². The van der Waals surface area contributed by atoms with Crippen LogP contribution in [-0.2, 0) is 11.2 Å². The number of piperidine rings is 1. The Labute approximate surface area is 141 Å². The molecule has 1 saturated heterocycles. The summed E-state index contributed by atoms with van der Waals surface area (Å²) < 4.78 is 12.9. The van der Waals surface area contributed by atoms with E-state index in [0.29, 0.717) is 12.8 Å². The van der Waals surface area contributed by atoms with Crippen LogP contribution in [0.3, 0.4) is 0 Å². The molecule has 126 valence electrons. The van der Waals surface area contributed by atoms with Gasteiger partial charge in [0.2, 0.25) is 5.91 Å². The fraction of sp³-hybridized carbons (Fsp3) is 0.421. The molecule has 0 aliphatic carbocycles. The summed E-state index contributed by atoms with van der Waals surface area (Å²) in [6.07, 6.45) is 4.94. The number of rotatable bonds is 4. The summed E-state index contributed by atoms with van der Waals surface area (Å²) in [5.74, 6) is 0.973. The summed E-state index contributed by atoms with van der Waals surface area (Å²) in [5, 5.41) is 0. The third kappa shape index (κ3) is 4.16. The normalized spacial score (nSPS) is 17.8. The topological polar surface area (TPSA) is 46.1 Å². The molecule has 0 spiro atoms. The second kappa shape index (κ2) is 7.51. The smallest absolute Gasteiger partial charge is 0.222 e. The first-order chi connectivity index (χ1) is 11.6. The number of amides is 1. The molecule has 1 aliphatic rings. The minimum absolute atomic E-state index is 0.162. The maximum atomic E-state index is 12.9. The molecule has 2 aromatic rings. The van der Waals surface area contributed by atoms with Crippen LogP contribution in [0.15, 0.2) is 36.5 Å². The summed E-state index contributed by atoms with van der Waals surface area (Å²) in [6.45, 7) is 3.42. The van der Waals surface area contributed by atoms with E-state index in [-0.39, 0.29) is 17.6 Å². The number of hydrogen-bond acceptors (Lipinski definition) is 3. The SMILES string of the molecule is Cc1nccc(C2CCCN(C(=O)CCc3ccc(F)cc3)C2)n1. The molecule has 0 radical (unpaired) electrons. The zero-order valence-corrected chi connectivity index (χ0v) is 13.9. The van der Waals surface area contributed by atoms with E-state index in [4.69, 9.17) is 0 Å². The predicted molar refractivity (Wildman–Crippen MR) is 90.0 cm³/mol. The van der Waals surface area contributed by atoms with Gasteiger partial charge in [0.15, 0.2) is 0 Å². The second-order valence-corrected chi connectivity index (χ2v) is 6.33. The van der Waals surface area contributed by atoms with Crippen LogP contribution >= 0.6 is 0 Å². The summed E-state index contributed by atoms with van der Waals surface area (Å²) in [6, 6.07) is 8.31. The van der Waals surface area contributed by atoms with E-state index in [2.05, 4.69) is 9.97 Å². The number of likely N-dealkylation sites (tertiary alicyclic amines) is 1. The van der Waals surface area contributed by atoms with Crippen molar-refractivity contribution in [2.75, 3.05) is 13.1 Å². The number of halogens is 1. The van der Waals surface area contributed by atoms with Crippen molar-refractivity contribution in [3.8, 4) is 0 Å². The lowest BCUT2D eigenvalue weighted by molar-refractivity contribution is -0.132. The molecular formula is C19H22FN3O. The summed E-state index contributed by atoms with van der Waals surface area (Å²) in [4.78, 5) is 23.1. The quantitative estimate of drug-likeness (QED) is 0.866. The molecule has 3 rings (SSSR count). The van der Waals surface area contributed by atoms with E-state index in [0.717, 1.165) is 43.0 Å². The van der Waals surface area contributed by atoms with Crippen LogP contribution < -0.4 is 0 Å². The van der Waals surface area contributed by atoms with Crippen molar-refractivity contribution in [2.45, 2.75) is 38.5 Å². The number of aryl methyl sites for hydroxylation is 2. The van der Waals surface area contributed by atoms with Crippen molar-refractivity contribution in [2.24, 2.45) is 0 Å². The van der Waals surface area contributed by atoms with Crippen molar-refractivity contribution in [1.82, 2.24) is 14.9 Å². The van der Waals surface area contributed by atoms with Gasteiger partial charge in [0, 0.05) is 37.3 Å². The molecule has 1 atom stereocenters. The van der Waals surface area contributed by atoms with Crippen LogP contribution in [0.2, 0.25) is 0 Å². The van der Waals surface area contributed by atoms with Crippen molar-refractivity contribution in [3.63, 3.8) is 0 Å². The lowest BCUT2D eigenvalue weighted by Crippen LogP contribution is -2.39. The van der Waals surface area contributed by atoms with Crippen molar-refractivity contribution < 1.29 is 9.18 Å². The Morgan fingerprint density at radius 1 is 1.29 bits per heavy atom. The molecule has 5 heteroatoms. The number of carbonyl (C=O) groups is 1. The highest BCUT2D eigenvalue weighted by molar-refractivity contribution is 5.76. The molecule has 24 heavy (non-hydrogen) atoms. The number of benzene rings is 1. The van der Waals surface area contributed by atoms with Gasteiger partial charge in [0.05, 0.1) is 0 Å². The zero-order valence-electron chi connectivity index (χ0n) is 13.9. The number of hydrogen-bond donors (Lipinski definition) is 0. The Morgan fingerprint density at radius 3 is 2.83 bits per heavy atom. The van der Waals surface area contributed by atoms with Crippen molar-refractivity contribution in [3.05, 3.63) is 59.4 Å². The van der Waals surface area contributed by atoms with Crippen LogP contribution in [0.25, 0.3) is 0 Å². The molecule has 4 nitrogen and oxygen atoms in total. The Hall–Kier alpha value is -2.30. The van der Waals surface area contributed by atoms with Crippen LogP contribution in [0.1, 0.15) is 42.3 Å². The van der Waals surface area contributed by atoms with Gasteiger partial charge in [-0.3, -0.25) is 4.79 Å². The third-order valence-corrected chi connectivity index (χ3v) is 4.53. The molecule has 1 fully saturated rings. The van der Waals surface area contributed by atoms with Gasteiger partial charge in [-0.15, -0.1) is 0 Å². The Morgan fingerprint density at radius 2 is 2.08 bits per heavy atom. The Bertz CT molecular complexity index is 702. The zero-order chi connectivity index (χ0) is 16.9. The third-order valence-electron chi connectivity index (χ3n) is 4.53. The molecular weight excluding hydrogens is 305 g/mol. The largest absolute Gasteiger partial charge is 0.342 e. The van der Waals surface area contributed by atoms with Gasteiger partial charge in [0.1, 0.15) is 11.6 Å². The van der Waals surface area contributed by atoms with E-state index >= 15 is 0 Å². The molecule has 1 amide bonds. The number of aromatic nitrogens is 2. The minimum atomic E-state index is -0.246. The van der Waals surface area contributed by atoms with Gasteiger partial charge in [-0.25, -0.2) is 14.4 Å². The molecule has 1 aromatic heterocycles. The molecule has 0 bridgehead atoms. The van der Waals surface area contributed by atoms with Gasteiger partial charge in [0.25, 0.3) is 0 Å². The van der Waals surface area contributed by atoms with Crippen molar-refractivity contribution in [1.29, 1.82) is 0 Å². The maximum absolute atomic E-state index is 12.9. The first-order valence-electron chi connectivity index (χ1n) is 8.43. The lowest BCUT2D eigenvalue weighted by atomic mass is 9.94. The summed E-state index contributed by atoms with van der Waals surface area (Å²) in [5.41, 5.74) is 2.02.